The molecule has 0 bridgehead atoms. The minimum Gasteiger partial charge on any atom is -0.406 e. The van der Waals surface area contributed by atoms with Crippen LogP contribution in [0, 0.1) is 0 Å². The Morgan fingerprint density at radius 1 is 0.906 bits per heavy atom. The molecule has 32 heavy (non-hydrogen) atoms. The number of rotatable bonds is 4. The molecule has 4 rings (SSSR count). The van der Waals surface area contributed by atoms with Gasteiger partial charge in [0.05, 0.1) is 11.9 Å². The van der Waals surface area contributed by atoms with Gasteiger partial charge in [-0.05, 0) is 47.5 Å². The molecule has 0 aliphatic rings. The quantitative estimate of drug-likeness (QED) is 0.365. The van der Waals surface area contributed by atoms with Crippen molar-refractivity contribution in [3.63, 3.8) is 0 Å². The van der Waals surface area contributed by atoms with E-state index in [2.05, 4.69) is 10.4 Å². The smallest absolute Gasteiger partial charge is 0.406 e. The predicted octanol–water partition coefficient (Wildman–Crippen LogP) is 6.82. The summed E-state index contributed by atoms with van der Waals surface area (Å²) < 4.78 is 46.7. The molecule has 0 saturated carbocycles. The van der Waals surface area contributed by atoms with Crippen LogP contribution in [0.2, 0.25) is 5.02 Å². The maximum absolute atomic E-state index is 13.7. The largest absolute Gasteiger partial charge is 0.437 e. The SMILES string of the molecule is O=C(Nc1ccc(-c2ccccc2)cc1)Oc1cnn(-c2ccc(Cl)cc2)c1C(F)(F)F. The summed E-state index contributed by atoms with van der Waals surface area (Å²) in [4.78, 5) is 12.3. The molecular weight excluding hydrogens is 443 g/mol. The van der Waals surface area contributed by atoms with Crippen molar-refractivity contribution in [3.8, 4) is 22.6 Å². The zero-order chi connectivity index (χ0) is 22.7. The summed E-state index contributed by atoms with van der Waals surface area (Å²) >= 11 is 5.79. The lowest BCUT2D eigenvalue weighted by Crippen LogP contribution is -2.20. The third-order valence-electron chi connectivity index (χ3n) is 4.52. The van der Waals surface area contributed by atoms with Crippen LogP contribution in [0.5, 0.6) is 5.75 Å². The highest BCUT2D eigenvalue weighted by molar-refractivity contribution is 6.30. The number of benzene rings is 3. The summed E-state index contributed by atoms with van der Waals surface area (Å²) in [6, 6.07) is 22.0. The second-order valence-corrected chi connectivity index (χ2v) is 7.14. The first-order valence-corrected chi connectivity index (χ1v) is 9.74. The topological polar surface area (TPSA) is 56.1 Å². The van der Waals surface area contributed by atoms with Crippen molar-refractivity contribution >= 4 is 23.4 Å². The lowest BCUT2D eigenvalue weighted by atomic mass is 10.1. The van der Waals surface area contributed by atoms with Crippen LogP contribution in [-0.2, 0) is 6.18 Å². The number of carbonyl (C=O) groups excluding carboxylic acids is 1. The van der Waals surface area contributed by atoms with Gasteiger partial charge in [0.1, 0.15) is 0 Å². The number of amides is 1. The van der Waals surface area contributed by atoms with E-state index in [1.54, 1.807) is 24.3 Å². The molecular formula is C23H15ClF3N3O2. The van der Waals surface area contributed by atoms with Crippen LogP contribution in [0.4, 0.5) is 23.7 Å². The average Bonchev–Trinajstić information content (AvgIpc) is 3.19. The van der Waals surface area contributed by atoms with Gasteiger partial charge >= 0.3 is 12.3 Å². The minimum atomic E-state index is -4.82. The van der Waals surface area contributed by atoms with E-state index in [1.807, 2.05) is 30.3 Å². The van der Waals surface area contributed by atoms with E-state index in [9.17, 15) is 18.0 Å². The molecule has 0 radical (unpaired) electrons. The monoisotopic (exact) mass is 457 g/mol. The molecule has 9 heteroatoms. The summed E-state index contributed by atoms with van der Waals surface area (Å²) in [5.41, 5.74) is 1.19. The maximum Gasteiger partial charge on any atom is 0.437 e. The van der Waals surface area contributed by atoms with E-state index in [1.165, 1.54) is 24.3 Å². The summed E-state index contributed by atoms with van der Waals surface area (Å²) in [6.07, 6.45) is -5.04. The summed E-state index contributed by atoms with van der Waals surface area (Å²) in [6.45, 7) is 0. The number of ether oxygens (including phenoxy) is 1. The Bertz CT molecular complexity index is 1220. The predicted molar refractivity (Wildman–Crippen MR) is 115 cm³/mol. The molecule has 0 saturated heterocycles. The molecule has 4 aromatic rings. The second-order valence-electron chi connectivity index (χ2n) is 6.70. The van der Waals surface area contributed by atoms with Crippen LogP contribution in [0.25, 0.3) is 16.8 Å². The number of hydrogen-bond acceptors (Lipinski definition) is 3. The van der Waals surface area contributed by atoms with E-state index in [0.717, 1.165) is 17.3 Å². The molecule has 1 heterocycles. The number of aromatic nitrogens is 2. The van der Waals surface area contributed by atoms with Gasteiger partial charge in [0.2, 0.25) is 0 Å². The molecule has 0 unspecified atom stereocenters. The van der Waals surface area contributed by atoms with E-state index >= 15 is 0 Å². The molecule has 0 fully saturated rings. The number of alkyl halides is 3. The van der Waals surface area contributed by atoms with Crippen LogP contribution < -0.4 is 10.1 Å². The van der Waals surface area contributed by atoms with Crippen LogP contribution in [0.1, 0.15) is 5.69 Å². The zero-order valence-electron chi connectivity index (χ0n) is 16.3. The molecule has 3 aromatic carbocycles. The maximum atomic E-state index is 13.7. The van der Waals surface area contributed by atoms with Gasteiger partial charge in [0, 0.05) is 10.7 Å². The van der Waals surface area contributed by atoms with Crippen molar-refractivity contribution in [3.05, 3.63) is 95.8 Å². The Balaban J connectivity index is 1.52. The molecule has 0 atom stereocenters. The third kappa shape index (κ3) is 4.76. The van der Waals surface area contributed by atoms with Gasteiger partial charge in [0.25, 0.3) is 0 Å². The number of nitrogens with one attached hydrogen (secondary N) is 1. The third-order valence-corrected chi connectivity index (χ3v) is 4.77. The standard InChI is InChI=1S/C23H15ClF3N3O2/c24-17-8-12-19(13-9-17)30-21(23(25,26)27)20(14-28-30)32-22(31)29-18-10-6-16(7-11-18)15-4-2-1-3-5-15/h1-14H,(H,29,31). The molecule has 1 aromatic heterocycles. The van der Waals surface area contributed by atoms with Crippen molar-refractivity contribution in [1.82, 2.24) is 9.78 Å². The lowest BCUT2D eigenvalue weighted by molar-refractivity contribution is -0.143. The van der Waals surface area contributed by atoms with Gasteiger partial charge in [-0.3, -0.25) is 5.32 Å². The van der Waals surface area contributed by atoms with Gasteiger partial charge in [-0.15, -0.1) is 0 Å². The van der Waals surface area contributed by atoms with Crippen molar-refractivity contribution in [2.75, 3.05) is 5.32 Å². The fraction of sp³-hybridized carbons (Fsp3) is 0.0435. The number of hydrogen-bond donors (Lipinski definition) is 1. The molecule has 162 valence electrons. The van der Waals surface area contributed by atoms with Gasteiger partial charge in [0.15, 0.2) is 11.4 Å². The molecule has 5 nitrogen and oxygen atoms in total. The van der Waals surface area contributed by atoms with E-state index in [4.69, 9.17) is 16.3 Å². The molecule has 0 spiro atoms. The Kier molecular flexibility index (Phi) is 5.87. The van der Waals surface area contributed by atoms with Crippen LogP contribution >= 0.6 is 11.6 Å². The molecule has 0 aliphatic heterocycles. The first kappa shape index (κ1) is 21.5. The first-order valence-electron chi connectivity index (χ1n) is 9.37. The van der Waals surface area contributed by atoms with E-state index in [0.29, 0.717) is 15.4 Å². The zero-order valence-corrected chi connectivity index (χ0v) is 17.1. The van der Waals surface area contributed by atoms with Crippen molar-refractivity contribution in [2.24, 2.45) is 0 Å². The van der Waals surface area contributed by atoms with Gasteiger partial charge < -0.3 is 4.74 Å². The molecule has 0 aliphatic carbocycles. The Morgan fingerprint density at radius 2 is 1.53 bits per heavy atom. The van der Waals surface area contributed by atoms with Crippen LogP contribution in [0.15, 0.2) is 85.1 Å². The van der Waals surface area contributed by atoms with Gasteiger partial charge in [-0.25, -0.2) is 9.48 Å². The lowest BCUT2D eigenvalue weighted by Gasteiger charge is -2.13. The molecule has 1 amide bonds. The first-order chi connectivity index (χ1) is 15.3. The Morgan fingerprint density at radius 3 is 2.16 bits per heavy atom. The van der Waals surface area contributed by atoms with Crippen molar-refractivity contribution in [1.29, 1.82) is 0 Å². The van der Waals surface area contributed by atoms with Crippen LogP contribution in [-0.4, -0.2) is 15.9 Å². The average molecular weight is 458 g/mol. The Labute approximate surface area is 186 Å². The normalized spacial score (nSPS) is 11.2. The second kappa shape index (κ2) is 8.76. The highest BCUT2D eigenvalue weighted by Gasteiger charge is 2.40. The van der Waals surface area contributed by atoms with Crippen molar-refractivity contribution < 1.29 is 22.7 Å². The fourth-order valence-electron chi connectivity index (χ4n) is 3.07. The van der Waals surface area contributed by atoms with Gasteiger partial charge in [-0.2, -0.15) is 18.3 Å². The molecule has 1 N–H and O–H groups in total. The Hall–Kier alpha value is -3.78. The fourth-order valence-corrected chi connectivity index (χ4v) is 3.19. The number of anilines is 1. The summed E-state index contributed by atoms with van der Waals surface area (Å²) in [5, 5.41) is 6.52. The highest BCUT2D eigenvalue weighted by atomic mass is 35.5. The van der Waals surface area contributed by atoms with Crippen LogP contribution in [0.3, 0.4) is 0 Å². The number of carbonyl (C=O) groups is 1. The summed E-state index contributed by atoms with van der Waals surface area (Å²) in [5.74, 6) is -0.717. The minimum absolute atomic E-state index is 0.119. The van der Waals surface area contributed by atoms with E-state index < -0.39 is 23.7 Å². The van der Waals surface area contributed by atoms with Gasteiger partial charge in [-0.1, -0.05) is 54.1 Å². The highest BCUT2D eigenvalue weighted by Crippen LogP contribution is 2.38. The number of halogens is 4. The number of nitrogens with zero attached hydrogens (tertiary/aromatic N) is 2. The van der Waals surface area contributed by atoms with Crippen molar-refractivity contribution in [2.45, 2.75) is 6.18 Å². The van der Waals surface area contributed by atoms with E-state index in [-0.39, 0.29) is 5.69 Å². The summed E-state index contributed by atoms with van der Waals surface area (Å²) in [7, 11) is 0.